The first-order valence-corrected chi connectivity index (χ1v) is 7.74. The molecular weight excluding hydrogens is 314 g/mol. The average Bonchev–Trinajstić information content (AvgIpc) is 2.59. The van der Waals surface area contributed by atoms with Gasteiger partial charge in [-0.2, -0.15) is 0 Å². The predicted molar refractivity (Wildman–Crippen MR) is 89.9 cm³/mol. The number of carbonyl (C=O) groups is 2. The molecule has 0 aliphatic rings. The minimum Gasteiger partial charge on any atom is -0.484 e. The number of ether oxygens (including phenoxy) is 1. The van der Waals surface area contributed by atoms with Crippen molar-refractivity contribution in [3.8, 4) is 5.75 Å². The van der Waals surface area contributed by atoms with Crippen molar-refractivity contribution in [2.75, 3.05) is 6.61 Å². The Kier molecular flexibility index (Phi) is 6.18. The summed E-state index contributed by atoms with van der Waals surface area (Å²) in [6.45, 7) is 2.08. The lowest BCUT2D eigenvalue weighted by molar-refractivity contribution is -0.123. The second-order valence-electron chi connectivity index (χ2n) is 4.96. The van der Waals surface area contributed by atoms with Crippen LogP contribution in [0.25, 0.3) is 0 Å². The van der Waals surface area contributed by atoms with Crippen molar-refractivity contribution in [2.45, 2.75) is 19.9 Å². The van der Waals surface area contributed by atoms with E-state index in [-0.39, 0.29) is 18.3 Å². The maximum atomic E-state index is 11.8. The number of carbonyl (C=O) groups excluding carboxylic acids is 2. The Morgan fingerprint density at radius 3 is 2.43 bits per heavy atom. The third-order valence-electron chi connectivity index (χ3n) is 3.30. The minimum absolute atomic E-state index is 0.0778. The van der Waals surface area contributed by atoms with E-state index >= 15 is 0 Å². The maximum absolute atomic E-state index is 11.8. The zero-order valence-electron chi connectivity index (χ0n) is 12.8. The lowest BCUT2D eigenvalue weighted by Crippen LogP contribution is -2.28. The molecule has 0 saturated carbocycles. The van der Waals surface area contributed by atoms with Gasteiger partial charge in [0.1, 0.15) is 5.75 Å². The van der Waals surface area contributed by atoms with Crippen molar-refractivity contribution >= 4 is 23.3 Å². The monoisotopic (exact) mass is 331 g/mol. The molecule has 0 aliphatic carbocycles. The maximum Gasteiger partial charge on any atom is 0.258 e. The fraction of sp³-hybridized carbons (Fsp3) is 0.222. The third kappa shape index (κ3) is 5.11. The van der Waals surface area contributed by atoms with Crippen LogP contribution in [0.3, 0.4) is 0 Å². The van der Waals surface area contributed by atoms with Crippen LogP contribution in [0.1, 0.15) is 29.3 Å². The van der Waals surface area contributed by atoms with Crippen LogP contribution in [0.5, 0.6) is 5.75 Å². The van der Waals surface area contributed by atoms with Crippen molar-refractivity contribution in [3.63, 3.8) is 0 Å². The second-order valence-corrected chi connectivity index (χ2v) is 5.37. The van der Waals surface area contributed by atoms with E-state index in [2.05, 4.69) is 5.32 Å². The Labute approximate surface area is 140 Å². The van der Waals surface area contributed by atoms with E-state index in [9.17, 15) is 9.59 Å². The van der Waals surface area contributed by atoms with Crippen LogP contribution in [0, 0.1) is 0 Å². The lowest BCUT2D eigenvalue weighted by Gasteiger charge is -2.09. The lowest BCUT2D eigenvalue weighted by atomic mass is 10.1. The Morgan fingerprint density at radius 2 is 1.78 bits per heavy atom. The van der Waals surface area contributed by atoms with Gasteiger partial charge in [0.15, 0.2) is 12.4 Å². The van der Waals surface area contributed by atoms with Gasteiger partial charge in [-0.25, -0.2) is 0 Å². The highest BCUT2D eigenvalue weighted by Gasteiger charge is 2.06. The predicted octanol–water partition coefficient (Wildman–Crippen LogP) is 3.63. The molecule has 5 heteroatoms. The Bertz CT molecular complexity index is 683. The number of benzene rings is 2. The van der Waals surface area contributed by atoms with E-state index in [1.165, 1.54) is 0 Å². The van der Waals surface area contributed by atoms with Crippen molar-refractivity contribution in [3.05, 3.63) is 64.7 Å². The molecule has 2 rings (SSSR count). The molecule has 0 fully saturated rings. The van der Waals surface area contributed by atoms with Crippen LogP contribution in [0.2, 0.25) is 5.02 Å². The van der Waals surface area contributed by atoms with Gasteiger partial charge in [-0.3, -0.25) is 9.59 Å². The number of halogens is 1. The van der Waals surface area contributed by atoms with Crippen molar-refractivity contribution in [2.24, 2.45) is 0 Å². The first-order chi connectivity index (χ1) is 11.1. The van der Waals surface area contributed by atoms with Crippen molar-refractivity contribution < 1.29 is 14.3 Å². The van der Waals surface area contributed by atoms with Gasteiger partial charge in [0.2, 0.25) is 0 Å². The number of Topliss-reactive ketones (excluding diaryl/α,β-unsaturated/α-hetero) is 1. The molecule has 4 nitrogen and oxygen atoms in total. The van der Waals surface area contributed by atoms with Gasteiger partial charge in [-0.1, -0.05) is 36.7 Å². The molecule has 23 heavy (non-hydrogen) atoms. The summed E-state index contributed by atoms with van der Waals surface area (Å²) in [6, 6.07) is 14.1. The van der Waals surface area contributed by atoms with Crippen LogP contribution in [0.4, 0.5) is 0 Å². The molecule has 2 aromatic carbocycles. The van der Waals surface area contributed by atoms with E-state index in [0.29, 0.717) is 29.3 Å². The smallest absolute Gasteiger partial charge is 0.258 e. The van der Waals surface area contributed by atoms with E-state index in [0.717, 1.165) is 5.56 Å². The second kappa shape index (κ2) is 8.34. The zero-order valence-corrected chi connectivity index (χ0v) is 13.6. The molecule has 0 bridgehead atoms. The normalized spacial score (nSPS) is 10.2. The number of rotatable bonds is 7. The van der Waals surface area contributed by atoms with E-state index in [1.54, 1.807) is 30.3 Å². The van der Waals surface area contributed by atoms with Gasteiger partial charge in [0.05, 0.1) is 0 Å². The summed E-state index contributed by atoms with van der Waals surface area (Å²) in [7, 11) is 0. The Morgan fingerprint density at radius 1 is 1.09 bits per heavy atom. The SMILES string of the molecule is CCC(=O)c1ccc(OCC(=O)NCc2ccccc2Cl)cc1. The van der Waals surface area contributed by atoms with Crippen LogP contribution < -0.4 is 10.1 Å². The molecule has 120 valence electrons. The minimum atomic E-state index is -0.237. The van der Waals surface area contributed by atoms with Gasteiger partial charge < -0.3 is 10.1 Å². The molecule has 0 atom stereocenters. The molecule has 0 spiro atoms. The zero-order chi connectivity index (χ0) is 16.7. The summed E-state index contributed by atoms with van der Waals surface area (Å²) >= 11 is 6.02. The summed E-state index contributed by atoms with van der Waals surface area (Å²) in [5.41, 5.74) is 1.49. The van der Waals surface area contributed by atoms with Gasteiger partial charge >= 0.3 is 0 Å². The summed E-state index contributed by atoms with van der Waals surface area (Å²) < 4.78 is 5.40. The van der Waals surface area contributed by atoms with Crippen molar-refractivity contribution in [1.82, 2.24) is 5.32 Å². The molecule has 0 saturated heterocycles. The van der Waals surface area contributed by atoms with Crippen LogP contribution in [-0.4, -0.2) is 18.3 Å². The number of amides is 1. The summed E-state index contributed by atoms with van der Waals surface area (Å²) in [5, 5.41) is 3.36. The van der Waals surface area contributed by atoms with Gasteiger partial charge in [-0.15, -0.1) is 0 Å². The fourth-order valence-corrected chi connectivity index (χ4v) is 2.18. The first-order valence-electron chi connectivity index (χ1n) is 7.36. The molecule has 0 aliphatic heterocycles. The molecule has 1 amide bonds. The molecule has 2 aromatic rings. The standard InChI is InChI=1S/C18H18ClNO3/c1-2-17(21)13-7-9-15(10-8-13)23-12-18(22)20-11-14-5-3-4-6-16(14)19/h3-10H,2,11-12H2,1H3,(H,20,22). The molecule has 0 unspecified atom stereocenters. The van der Waals surface area contributed by atoms with Gasteiger partial charge in [0, 0.05) is 23.6 Å². The molecule has 0 heterocycles. The Hall–Kier alpha value is -2.33. The Balaban J connectivity index is 1.80. The summed E-state index contributed by atoms with van der Waals surface area (Å²) in [6.07, 6.45) is 0.463. The topological polar surface area (TPSA) is 55.4 Å². The highest BCUT2D eigenvalue weighted by Crippen LogP contribution is 2.15. The van der Waals surface area contributed by atoms with E-state index in [4.69, 9.17) is 16.3 Å². The highest BCUT2D eigenvalue weighted by atomic mass is 35.5. The average molecular weight is 332 g/mol. The van der Waals surface area contributed by atoms with Crippen LogP contribution >= 0.6 is 11.6 Å². The van der Waals surface area contributed by atoms with Crippen LogP contribution in [-0.2, 0) is 11.3 Å². The number of hydrogen-bond donors (Lipinski definition) is 1. The number of ketones is 1. The summed E-state index contributed by atoms with van der Waals surface area (Å²) in [4.78, 5) is 23.3. The first kappa shape index (κ1) is 17.0. The van der Waals surface area contributed by atoms with Gasteiger partial charge in [-0.05, 0) is 35.9 Å². The largest absolute Gasteiger partial charge is 0.484 e. The fourth-order valence-electron chi connectivity index (χ4n) is 1.98. The van der Waals surface area contributed by atoms with E-state index in [1.807, 2.05) is 25.1 Å². The molecule has 0 aromatic heterocycles. The molecular formula is C18H18ClNO3. The highest BCUT2D eigenvalue weighted by molar-refractivity contribution is 6.31. The third-order valence-corrected chi connectivity index (χ3v) is 3.67. The number of hydrogen-bond acceptors (Lipinski definition) is 3. The molecule has 0 radical (unpaired) electrons. The van der Waals surface area contributed by atoms with Crippen LogP contribution in [0.15, 0.2) is 48.5 Å². The van der Waals surface area contributed by atoms with Crippen molar-refractivity contribution in [1.29, 1.82) is 0 Å². The summed E-state index contributed by atoms with van der Waals surface area (Å²) in [5.74, 6) is 0.387. The van der Waals surface area contributed by atoms with Gasteiger partial charge in [0.25, 0.3) is 5.91 Å². The number of nitrogens with one attached hydrogen (secondary N) is 1. The quantitative estimate of drug-likeness (QED) is 0.788. The molecule has 1 N–H and O–H groups in total. The van der Waals surface area contributed by atoms with E-state index < -0.39 is 0 Å².